The minimum Gasteiger partial charge on any atom is -0.383 e. The van der Waals surface area contributed by atoms with Crippen molar-refractivity contribution >= 4 is 5.91 Å². The van der Waals surface area contributed by atoms with Crippen LogP contribution in [0, 0.1) is 5.41 Å². The second-order valence-electron chi connectivity index (χ2n) is 5.46. The normalized spacial score (nSPS) is 14.0. The summed E-state index contributed by atoms with van der Waals surface area (Å²) in [5.41, 5.74) is 5.76. The van der Waals surface area contributed by atoms with Gasteiger partial charge in [-0.05, 0) is 19.3 Å². The van der Waals surface area contributed by atoms with Crippen LogP contribution in [0.3, 0.4) is 0 Å². The molecule has 0 radical (unpaired) electrons. The van der Waals surface area contributed by atoms with E-state index in [1.165, 1.54) is 0 Å². The highest BCUT2D eigenvalue weighted by Crippen LogP contribution is 2.19. The topological polar surface area (TPSA) is 55.6 Å². The summed E-state index contributed by atoms with van der Waals surface area (Å²) in [5.74, 6) is -0.000417. The lowest BCUT2D eigenvalue weighted by Crippen LogP contribution is -2.53. The standard InChI is InChI=1S/C12H26N2O2/c1-9(2)14(7-8-16-6)11(15)10(13)12(3,4)5/h9-10H,7-8,13H2,1-6H3. The first-order valence-corrected chi connectivity index (χ1v) is 5.76. The minimum atomic E-state index is -0.466. The molecular weight excluding hydrogens is 204 g/mol. The van der Waals surface area contributed by atoms with Crippen molar-refractivity contribution in [1.82, 2.24) is 4.90 Å². The van der Waals surface area contributed by atoms with Crippen molar-refractivity contribution in [2.45, 2.75) is 46.7 Å². The molecule has 1 atom stereocenters. The smallest absolute Gasteiger partial charge is 0.240 e. The van der Waals surface area contributed by atoms with Crippen LogP contribution in [-0.2, 0) is 9.53 Å². The molecule has 0 rings (SSSR count). The summed E-state index contributed by atoms with van der Waals surface area (Å²) in [6, 6.07) is -0.317. The largest absolute Gasteiger partial charge is 0.383 e. The summed E-state index contributed by atoms with van der Waals surface area (Å²) in [6.07, 6.45) is 0. The van der Waals surface area contributed by atoms with Gasteiger partial charge in [-0.2, -0.15) is 0 Å². The van der Waals surface area contributed by atoms with E-state index in [0.29, 0.717) is 13.2 Å². The number of nitrogens with zero attached hydrogens (tertiary/aromatic N) is 1. The molecule has 0 bridgehead atoms. The van der Waals surface area contributed by atoms with Crippen LogP contribution in [0.1, 0.15) is 34.6 Å². The molecule has 0 heterocycles. The monoisotopic (exact) mass is 230 g/mol. The van der Waals surface area contributed by atoms with Crippen LogP contribution in [0.15, 0.2) is 0 Å². The summed E-state index contributed by atoms with van der Waals surface area (Å²) >= 11 is 0. The Hall–Kier alpha value is -0.610. The molecule has 1 amide bonds. The number of carbonyl (C=O) groups excluding carboxylic acids is 1. The zero-order chi connectivity index (χ0) is 12.9. The summed E-state index contributed by atoms with van der Waals surface area (Å²) in [7, 11) is 1.63. The summed E-state index contributed by atoms with van der Waals surface area (Å²) in [4.78, 5) is 14.0. The number of ether oxygens (including phenoxy) is 1. The third-order valence-electron chi connectivity index (χ3n) is 2.64. The maximum Gasteiger partial charge on any atom is 0.240 e. The summed E-state index contributed by atoms with van der Waals surface area (Å²) in [6.45, 7) is 11.0. The highest BCUT2D eigenvalue weighted by Gasteiger charge is 2.31. The lowest BCUT2D eigenvalue weighted by molar-refractivity contribution is -0.137. The van der Waals surface area contributed by atoms with Gasteiger partial charge in [0.05, 0.1) is 12.6 Å². The first-order valence-electron chi connectivity index (χ1n) is 5.76. The van der Waals surface area contributed by atoms with E-state index in [1.807, 2.05) is 34.6 Å². The van der Waals surface area contributed by atoms with Crippen LogP contribution < -0.4 is 5.73 Å². The Balaban J connectivity index is 4.61. The van der Waals surface area contributed by atoms with Crippen molar-refractivity contribution in [2.75, 3.05) is 20.3 Å². The second-order valence-corrected chi connectivity index (χ2v) is 5.46. The molecule has 4 nitrogen and oxygen atoms in total. The molecule has 2 N–H and O–H groups in total. The average molecular weight is 230 g/mol. The molecule has 0 aromatic heterocycles. The number of hydrogen-bond donors (Lipinski definition) is 1. The van der Waals surface area contributed by atoms with Crippen LogP contribution in [0.4, 0.5) is 0 Å². The summed E-state index contributed by atoms with van der Waals surface area (Å²) < 4.78 is 5.00. The van der Waals surface area contributed by atoms with Gasteiger partial charge in [0.15, 0.2) is 0 Å². The van der Waals surface area contributed by atoms with Gasteiger partial charge in [0, 0.05) is 19.7 Å². The molecule has 0 spiro atoms. The van der Waals surface area contributed by atoms with Crippen molar-refractivity contribution in [3.05, 3.63) is 0 Å². The van der Waals surface area contributed by atoms with Crippen molar-refractivity contribution in [1.29, 1.82) is 0 Å². The lowest BCUT2D eigenvalue weighted by Gasteiger charge is -2.34. The van der Waals surface area contributed by atoms with Gasteiger partial charge in [-0.25, -0.2) is 0 Å². The van der Waals surface area contributed by atoms with Crippen molar-refractivity contribution in [3.63, 3.8) is 0 Å². The van der Waals surface area contributed by atoms with Crippen LogP contribution in [-0.4, -0.2) is 43.2 Å². The maximum atomic E-state index is 12.2. The molecule has 0 fully saturated rings. The molecule has 0 aromatic rings. The molecule has 0 aliphatic carbocycles. The summed E-state index contributed by atoms with van der Waals surface area (Å²) in [5, 5.41) is 0. The van der Waals surface area contributed by atoms with Gasteiger partial charge in [-0.3, -0.25) is 4.79 Å². The fraction of sp³-hybridized carbons (Fsp3) is 0.917. The quantitative estimate of drug-likeness (QED) is 0.773. The number of amides is 1. The van der Waals surface area contributed by atoms with Crippen LogP contribution in [0.2, 0.25) is 0 Å². The highest BCUT2D eigenvalue weighted by atomic mass is 16.5. The maximum absolute atomic E-state index is 12.2. The van der Waals surface area contributed by atoms with E-state index in [9.17, 15) is 4.79 Å². The van der Waals surface area contributed by atoms with Gasteiger partial charge in [0.2, 0.25) is 5.91 Å². The van der Waals surface area contributed by atoms with Gasteiger partial charge in [0.1, 0.15) is 0 Å². The minimum absolute atomic E-state index is 0.000417. The highest BCUT2D eigenvalue weighted by molar-refractivity contribution is 5.82. The van der Waals surface area contributed by atoms with Gasteiger partial charge in [-0.15, -0.1) is 0 Å². The first kappa shape index (κ1) is 15.4. The van der Waals surface area contributed by atoms with Gasteiger partial charge in [-0.1, -0.05) is 20.8 Å². The predicted molar refractivity (Wildman–Crippen MR) is 66.2 cm³/mol. The van der Waals surface area contributed by atoms with E-state index in [4.69, 9.17) is 10.5 Å². The van der Waals surface area contributed by atoms with E-state index >= 15 is 0 Å². The van der Waals surface area contributed by atoms with E-state index in [0.717, 1.165) is 0 Å². The number of hydrogen-bond acceptors (Lipinski definition) is 3. The van der Waals surface area contributed by atoms with Gasteiger partial charge in [0.25, 0.3) is 0 Å². The van der Waals surface area contributed by atoms with E-state index in [1.54, 1.807) is 12.0 Å². The SMILES string of the molecule is COCCN(C(=O)C(N)C(C)(C)C)C(C)C. The fourth-order valence-electron chi connectivity index (χ4n) is 1.36. The van der Waals surface area contributed by atoms with Crippen molar-refractivity contribution in [2.24, 2.45) is 11.1 Å². The molecule has 96 valence electrons. The van der Waals surface area contributed by atoms with Crippen LogP contribution in [0.5, 0.6) is 0 Å². The predicted octanol–water partition coefficient (Wildman–Crippen LogP) is 1.24. The van der Waals surface area contributed by atoms with E-state index in [-0.39, 0.29) is 17.4 Å². The van der Waals surface area contributed by atoms with Crippen molar-refractivity contribution in [3.8, 4) is 0 Å². The Bertz CT molecular complexity index is 222. The number of methoxy groups -OCH3 is 1. The molecule has 0 saturated carbocycles. The molecule has 16 heavy (non-hydrogen) atoms. The molecule has 0 aliphatic heterocycles. The second kappa shape index (κ2) is 6.21. The molecule has 1 unspecified atom stereocenters. The van der Waals surface area contributed by atoms with E-state index < -0.39 is 6.04 Å². The van der Waals surface area contributed by atoms with Crippen LogP contribution in [0.25, 0.3) is 0 Å². The van der Waals surface area contributed by atoms with E-state index in [2.05, 4.69) is 0 Å². The molecule has 4 heteroatoms. The molecule has 0 aliphatic rings. The Labute approximate surface area is 99.1 Å². The lowest BCUT2D eigenvalue weighted by atomic mass is 9.86. The average Bonchev–Trinajstić information content (AvgIpc) is 2.15. The number of rotatable bonds is 5. The number of nitrogens with two attached hydrogens (primary N) is 1. The third-order valence-corrected chi connectivity index (χ3v) is 2.64. The molecule has 0 saturated heterocycles. The first-order chi connectivity index (χ1) is 7.21. The van der Waals surface area contributed by atoms with Gasteiger partial charge >= 0.3 is 0 Å². The van der Waals surface area contributed by atoms with Gasteiger partial charge < -0.3 is 15.4 Å². The van der Waals surface area contributed by atoms with Crippen molar-refractivity contribution < 1.29 is 9.53 Å². The zero-order valence-corrected chi connectivity index (χ0v) is 11.4. The Morgan fingerprint density at radius 1 is 1.38 bits per heavy atom. The molecule has 0 aromatic carbocycles. The number of carbonyl (C=O) groups is 1. The van der Waals surface area contributed by atoms with Crippen LogP contribution >= 0.6 is 0 Å². The Morgan fingerprint density at radius 2 is 1.88 bits per heavy atom. The third kappa shape index (κ3) is 4.49. The Morgan fingerprint density at radius 3 is 2.19 bits per heavy atom. The zero-order valence-electron chi connectivity index (χ0n) is 11.4. The fourth-order valence-corrected chi connectivity index (χ4v) is 1.36. The molecular formula is C12H26N2O2. The Kier molecular flexibility index (Phi) is 5.97.